The molecule has 0 aliphatic carbocycles. The van der Waals surface area contributed by atoms with Crippen molar-refractivity contribution in [3.05, 3.63) is 0 Å². The second-order valence-electron chi connectivity index (χ2n) is 5.88. The highest BCUT2D eigenvalue weighted by Gasteiger charge is 2.42. The summed E-state index contributed by atoms with van der Waals surface area (Å²) in [6.07, 6.45) is 3.37. The van der Waals surface area contributed by atoms with Crippen molar-refractivity contribution in [3.63, 3.8) is 0 Å². The van der Waals surface area contributed by atoms with Gasteiger partial charge in [-0.1, -0.05) is 6.92 Å². The Kier molecular flexibility index (Phi) is 4.28. The molecule has 1 amide bonds. The van der Waals surface area contributed by atoms with Crippen molar-refractivity contribution in [1.82, 2.24) is 10.2 Å². The van der Waals surface area contributed by atoms with E-state index < -0.39 is 0 Å². The van der Waals surface area contributed by atoms with Gasteiger partial charge in [0, 0.05) is 19.6 Å². The lowest BCUT2D eigenvalue weighted by Crippen LogP contribution is -2.56. The summed E-state index contributed by atoms with van der Waals surface area (Å²) in [6, 6.07) is 0. The lowest BCUT2D eigenvalue weighted by molar-refractivity contribution is -0.155. The third-order valence-electron chi connectivity index (χ3n) is 4.31. The molecule has 4 heteroatoms. The summed E-state index contributed by atoms with van der Waals surface area (Å²) in [7, 11) is 0. The van der Waals surface area contributed by atoms with Crippen LogP contribution in [0.25, 0.3) is 0 Å². The summed E-state index contributed by atoms with van der Waals surface area (Å²) in [5, 5.41) is 3.39. The topological polar surface area (TPSA) is 41.6 Å². The maximum atomic E-state index is 12.8. The number of nitrogens with one attached hydrogen (secondary N) is 1. The van der Waals surface area contributed by atoms with Gasteiger partial charge in [-0.15, -0.1) is 0 Å². The van der Waals surface area contributed by atoms with Gasteiger partial charge in [-0.3, -0.25) is 4.79 Å². The molecule has 3 atom stereocenters. The van der Waals surface area contributed by atoms with Gasteiger partial charge in [-0.2, -0.15) is 0 Å². The molecule has 3 unspecified atom stereocenters. The molecule has 104 valence electrons. The van der Waals surface area contributed by atoms with Gasteiger partial charge < -0.3 is 15.0 Å². The van der Waals surface area contributed by atoms with Gasteiger partial charge in [-0.25, -0.2) is 0 Å². The number of carbonyl (C=O) groups is 1. The Labute approximate surface area is 110 Å². The van der Waals surface area contributed by atoms with Crippen LogP contribution in [-0.2, 0) is 9.53 Å². The first kappa shape index (κ1) is 13.8. The van der Waals surface area contributed by atoms with Crippen molar-refractivity contribution >= 4 is 5.91 Å². The average molecular weight is 254 g/mol. The predicted octanol–water partition coefficient (Wildman–Crippen LogP) is 1.40. The van der Waals surface area contributed by atoms with Gasteiger partial charge in [-0.05, 0) is 39.7 Å². The minimum Gasteiger partial charge on any atom is -0.372 e. The fourth-order valence-corrected chi connectivity index (χ4v) is 3.28. The van der Waals surface area contributed by atoms with Crippen LogP contribution in [0.5, 0.6) is 0 Å². The zero-order chi connectivity index (χ0) is 13.2. The standard InChI is InChI=1S/C14H26N2O2/c1-4-14(6-5-7-15-10-14)13(17)16-8-11(2)18-12(3)9-16/h11-12,15H,4-10H2,1-3H3. The number of hydrogen-bond donors (Lipinski definition) is 1. The van der Waals surface area contributed by atoms with Crippen molar-refractivity contribution in [2.24, 2.45) is 5.41 Å². The molecule has 2 saturated heterocycles. The summed E-state index contributed by atoms with van der Waals surface area (Å²) < 4.78 is 5.71. The zero-order valence-electron chi connectivity index (χ0n) is 11.9. The summed E-state index contributed by atoms with van der Waals surface area (Å²) in [5.74, 6) is 0.333. The molecule has 0 spiro atoms. The van der Waals surface area contributed by atoms with Crippen LogP contribution in [0, 0.1) is 5.41 Å². The van der Waals surface area contributed by atoms with Crippen molar-refractivity contribution in [3.8, 4) is 0 Å². The predicted molar refractivity (Wildman–Crippen MR) is 71.4 cm³/mol. The Morgan fingerprint density at radius 3 is 2.56 bits per heavy atom. The number of morpholine rings is 1. The molecule has 0 aromatic carbocycles. The van der Waals surface area contributed by atoms with E-state index >= 15 is 0 Å². The molecular weight excluding hydrogens is 228 g/mol. The Morgan fingerprint density at radius 2 is 2.06 bits per heavy atom. The lowest BCUT2D eigenvalue weighted by atomic mass is 9.77. The van der Waals surface area contributed by atoms with Crippen LogP contribution in [0.15, 0.2) is 0 Å². The second-order valence-corrected chi connectivity index (χ2v) is 5.88. The first-order valence-corrected chi connectivity index (χ1v) is 7.23. The largest absolute Gasteiger partial charge is 0.372 e. The second kappa shape index (κ2) is 5.57. The van der Waals surface area contributed by atoms with Gasteiger partial charge >= 0.3 is 0 Å². The summed E-state index contributed by atoms with van der Waals surface area (Å²) in [4.78, 5) is 14.9. The quantitative estimate of drug-likeness (QED) is 0.810. The maximum absolute atomic E-state index is 12.8. The number of ether oxygens (including phenoxy) is 1. The molecular formula is C14H26N2O2. The molecule has 18 heavy (non-hydrogen) atoms. The molecule has 4 nitrogen and oxygen atoms in total. The van der Waals surface area contributed by atoms with E-state index in [0.29, 0.717) is 5.91 Å². The highest BCUT2D eigenvalue weighted by Crippen LogP contribution is 2.33. The highest BCUT2D eigenvalue weighted by molar-refractivity contribution is 5.83. The van der Waals surface area contributed by atoms with E-state index in [1.165, 1.54) is 0 Å². The smallest absolute Gasteiger partial charge is 0.230 e. The number of rotatable bonds is 2. The molecule has 0 aromatic heterocycles. The van der Waals surface area contributed by atoms with E-state index in [1.807, 2.05) is 18.7 Å². The van der Waals surface area contributed by atoms with E-state index in [2.05, 4.69) is 12.2 Å². The summed E-state index contributed by atoms with van der Waals surface area (Å²) in [5.41, 5.74) is -0.172. The monoisotopic (exact) mass is 254 g/mol. The molecule has 1 N–H and O–H groups in total. The molecule has 2 heterocycles. The minimum absolute atomic E-state index is 0.156. The van der Waals surface area contributed by atoms with Crippen molar-refractivity contribution < 1.29 is 9.53 Å². The van der Waals surface area contributed by atoms with E-state index in [1.54, 1.807) is 0 Å². The molecule has 2 rings (SSSR count). The normalized spacial score (nSPS) is 37.6. The third-order valence-corrected chi connectivity index (χ3v) is 4.31. The molecule has 2 fully saturated rings. The van der Waals surface area contributed by atoms with Crippen LogP contribution in [-0.4, -0.2) is 49.2 Å². The van der Waals surface area contributed by atoms with Gasteiger partial charge in [0.05, 0.1) is 17.6 Å². The van der Waals surface area contributed by atoms with Gasteiger partial charge in [0.1, 0.15) is 0 Å². The van der Waals surface area contributed by atoms with Crippen molar-refractivity contribution in [1.29, 1.82) is 0 Å². The van der Waals surface area contributed by atoms with Gasteiger partial charge in [0.25, 0.3) is 0 Å². The van der Waals surface area contributed by atoms with Crippen molar-refractivity contribution in [2.45, 2.75) is 52.2 Å². The minimum atomic E-state index is -0.172. The summed E-state index contributed by atoms with van der Waals surface area (Å²) >= 11 is 0. The van der Waals surface area contributed by atoms with E-state index in [4.69, 9.17) is 4.74 Å². The van der Waals surface area contributed by atoms with Crippen LogP contribution in [0.1, 0.15) is 40.0 Å². The SMILES string of the molecule is CCC1(C(=O)N2CC(C)OC(C)C2)CCCNC1. The van der Waals surface area contributed by atoms with Crippen LogP contribution < -0.4 is 5.32 Å². The zero-order valence-corrected chi connectivity index (χ0v) is 11.9. The van der Waals surface area contributed by atoms with Crippen LogP contribution in [0.4, 0.5) is 0 Å². The van der Waals surface area contributed by atoms with Crippen LogP contribution in [0.2, 0.25) is 0 Å². The fourth-order valence-electron chi connectivity index (χ4n) is 3.28. The average Bonchev–Trinajstić information content (AvgIpc) is 2.37. The highest BCUT2D eigenvalue weighted by atomic mass is 16.5. The first-order chi connectivity index (χ1) is 8.57. The Bertz CT molecular complexity index is 290. The van der Waals surface area contributed by atoms with E-state index in [9.17, 15) is 4.79 Å². The van der Waals surface area contributed by atoms with E-state index in [-0.39, 0.29) is 17.6 Å². The number of amides is 1. The van der Waals surface area contributed by atoms with Crippen LogP contribution in [0.3, 0.4) is 0 Å². The maximum Gasteiger partial charge on any atom is 0.230 e. The number of hydrogen-bond acceptors (Lipinski definition) is 3. The molecule has 0 saturated carbocycles. The van der Waals surface area contributed by atoms with E-state index in [0.717, 1.165) is 45.4 Å². The van der Waals surface area contributed by atoms with Crippen molar-refractivity contribution in [2.75, 3.05) is 26.2 Å². The molecule has 0 radical (unpaired) electrons. The lowest BCUT2D eigenvalue weighted by Gasteiger charge is -2.43. The molecule has 0 aromatic rings. The number of carbonyl (C=O) groups excluding carboxylic acids is 1. The van der Waals surface area contributed by atoms with Gasteiger partial charge in [0.15, 0.2) is 0 Å². The van der Waals surface area contributed by atoms with Gasteiger partial charge in [0.2, 0.25) is 5.91 Å². The number of piperidine rings is 1. The number of nitrogens with zero attached hydrogens (tertiary/aromatic N) is 1. The molecule has 2 aliphatic rings. The third kappa shape index (κ3) is 2.69. The molecule has 0 bridgehead atoms. The molecule has 2 aliphatic heterocycles. The summed E-state index contributed by atoms with van der Waals surface area (Å²) in [6.45, 7) is 9.60. The Hall–Kier alpha value is -0.610. The fraction of sp³-hybridized carbons (Fsp3) is 0.929. The Morgan fingerprint density at radius 1 is 1.39 bits per heavy atom. The Balaban J connectivity index is 2.08. The van der Waals surface area contributed by atoms with Crippen LogP contribution >= 0.6 is 0 Å². The first-order valence-electron chi connectivity index (χ1n) is 7.23.